The van der Waals surface area contributed by atoms with Gasteiger partial charge in [-0.25, -0.2) is 0 Å². The Morgan fingerprint density at radius 1 is 1.18 bits per heavy atom. The summed E-state index contributed by atoms with van der Waals surface area (Å²) < 4.78 is 10.7. The topological polar surface area (TPSA) is 99.4 Å². The van der Waals surface area contributed by atoms with E-state index in [1.54, 1.807) is 0 Å². The van der Waals surface area contributed by atoms with Crippen molar-refractivity contribution in [3.05, 3.63) is 23.3 Å². The molecule has 6 nitrogen and oxygen atoms in total. The lowest BCUT2D eigenvalue weighted by atomic mass is 10.1. The Labute approximate surface area is 131 Å². The van der Waals surface area contributed by atoms with Gasteiger partial charge in [-0.1, -0.05) is 23.3 Å². The first-order chi connectivity index (χ1) is 10.4. The molecular formula is C16H28O6. The molecule has 5 unspecified atom stereocenters. The molecule has 0 aromatic rings. The molecule has 0 bridgehead atoms. The zero-order valence-electron chi connectivity index (χ0n) is 13.5. The van der Waals surface area contributed by atoms with Gasteiger partial charge in [0.15, 0.2) is 6.29 Å². The fourth-order valence-electron chi connectivity index (χ4n) is 2.21. The summed E-state index contributed by atoms with van der Waals surface area (Å²) in [6.07, 6.45) is 0.125. The molecule has 5 atom stereocenters. The second-order valence-electron chi connectivity index (χ2n) is 5.90. The number of aliphatic hydroxyl groups excluding tert-OH is 4. The Kier molecular flexibility index (Phi) is 8.24. The van der Waals surface area contributed by atoms with Crippen LogP contribution in [0.2, 0.25) is 0 Å². The van der Waals surface area contributed by atoms with Crippen LogP contribution in [-0.4, -0.2) is 64.3 Å². The van der Waals surface area contributed by atoms with Gasteiger partial charge in [0.25, 0.3) is 0 Å². The Balaban J connectivity index is 2.40. The van der Waals surface area contributed by atoms with Crippen molar-refractivity contribution < 1.29 is 29.9 Å². The molecule has 0 aromatic heterocycles. The van der Waals surface area contributed by atoms with Gasteiger partial charge in [-0.05, 0) is 33.6 Å². The van der Waals surface area contributed by atoms with E-state index in [0.29, 0.717) is 0 Å². The van der Waals surface area contributed by atoms with E-state index in [1.807, 2.05) is 13.0 Å². The molecule has 1 rings (SSSR count). The number of hydrogen-bond acceptors (Lipinski definition) is 6. The van der Waals surface area contributed by atoms with Gasteiger partial charge >= 0.3 is 0 Å². The van der Waals surface area contributed by atoms with Crippen LogP contribution in [0.25, 0.3) is 0 Å². The standard InChI is InChI=1S/C16H28O6/c1-10(2)5-4-6-11(3)7-8-21-16-14(20)13(19)15(22-16)12(18)9-17/h5,7,12-20H,4,6,8-9H2,1-3H3/b11-7+. The van der Waals surface area contributed by atoms with Crippen LogP contribution in [0.4, 0.5) is 0 Å². The molecule has 0 aromatic carbocycles. The van der Waals surface area contributed by atoms with Crippen LogP contribution in [0.15, 0.2) is 23.3 Å². The van der Waals surface area contributed by atoms with Gasteiger partial charge in [-0.15, -0.1) is 0 Å². The Morgan fingerprint density at radius 3 is 2.45 bits per heavy atom. The summed E-state index contributed by atoms with van der Waals surface area (Å²) in [7, 11) is 0. The second kappa shape index (κ2) is 9.39. The first-order valence-electron chi connectivity index (χ1n) is 7.58. The molecule has 0 radical (unpaired) electrons. The predicted octanol–water partition coefficient (Wildman–Crippen LogP) is 0.496. The highest BCUT2D eigenvalue weighted by Crippen LogP contribution is 2.24. The maximum absolute atomic E-state index is 9.82. The molecule has 6 heteroatoms. The van der Waals surface area contributed by atoms with Crippen LogP contribution in [-0.2, 0) is 9.47 Å². The number of hydrogen-bond donors (Lipinski definition) is 4. The zero-order valence-corrected chi connectivity index (χ0v) is 13.5. The molecule has 1 aliphatic heterocycles. The van der Waals surface area contributed by atoms with Gasteiger partial charge in [0.05, 0.1) is 13.2 Å². The van der Waals surface area contributed by atoms with E-state index in [1.165, 1.54) is 5.57 Å². The lowest BCUT2D eigenvalue weighted by Gasteiger charge is -2.18. The van der Waals surface area contributed by atoms with Gasteiger partial charge < -0.3 is 29.9 Å². The summed E-state index contributed by atoms with van der Waals surface area (Å²) in [5, 5.41) is 38.0. The molecule has 1 fully saturated rings. The molecule has 0 amide bonds. The highest BCUT2D eigenvalue weighted by molar-refractivity contribution is 5.02. The van der Waals surface area contributed by atoms with Gasteiger partial charge in [-0.2, -0.15) is 0 Å². The molecule has 0 spiro atoms. The van der Waals surface area contributed by atoms with E-state index < -0.39 is 37.3 Å². The fraction of sp³-hybridized carbons (Fsp3) is 0.750. The molecule has 1 heterocycles. The average molecular weight is 316 g/mol. The number of ether oxygens (including phenoxy) is 2. The van der Waals surface area contributed by atoms with E-state index in [2.05, 4.69) is 19.9 Å². The smallest absolute Gasteiger partial charge is 0.187 e. The minimum Gasteiger partial charge on any atom is -0.394 e. The van der Waals surface area contributed by atoms with E-state index in [4.69, 9.17) is 14.6 Å². The molecule has 128 valence electrons. The Bertz CT molecular complexity index is 388. The van der Waals surface area contributed by atoms with Crippen molar-refractivity contribution in [2.24, 2.45) is 0 Å². The van der Waals surface area contributed by atoms with Crippen LogP contribution in [0, 0.1) is 0 Å². The molecule has 4 N–H and O–H groups in total. The van der Waals surface area contributed by atoms with E-state index in [-0.39, 0.29) is 6.61 Å². The highest BCUT2D eigenvalue weighted by Gasteiger charge is 2.46. The second-order valence-corrected chi connectivity index (χ2v) is 5.90. The summed E-state index contributed by atoms with van der Waals surface area (Å²) in [4.78, 5) is 0. The van der Waals surface area contributed by atoms with Crippen LogP contribution < -0.4 is 0 Å². The molecule has 22 heavy (non-hydrogen) atoms. The van der Waals surface area contributed by atoms with E-state index >= 15 is 0 Å². The average Bonchev–Trinajstić information content (AvgIpc) is 2.74. The van der Waals surface area contributed by atoms with Crippen molar-refractivity contribution in [3.8, 4) is 0 Å². The van der Waals surface area contributed by atoms with Gasteiger partial charge in [0, 0.05) is 0 Å². The van der Waals surface area contributed by atoms with Crippen molar-refractivity contribution in [3.63, 3.8) is 0 Å². The van der Waals surface area contributed by atoms with Crippen molar-refractivity contribution in [1.82, 2.24) is 0 Å². The van der Waals surface area contributed by atoms with Crippen LogP contribution in [0.5, 0.6) is 0 Å². The SMILES string of the molecule is CC(C)=CCC/C(C)=C/COC1OC(C(O)CO)C(O)C1O. The summed E-state index contributed by atoms with van der Waals surface area (Å²) >= 11 is 0. The molecule has 1 saturated heterocycles. The summed E-state index contributed by atoms with van der Waals surface area (Å²) in [5.41, 5.74) is 2.45. The lowest BCUT2D eigenvalue weighted by molar-refractivity contribution is -0.175. The number of allylic oxidation sites excluding steroid dienone is 3. The summed E-state index contributed by atoms with van der Waals surface area (Å²) in [5.74, 6) is 0. The van der Waals surface area contributed by atoms with Crippen LogP contribution >= 0.6 is 0 Å². The maximum Gasteiger partial charge on any atom is 0.187 e. The van der Waals surface area contributed by atoms with Crippen LogP contribution in [0.1, 0.15) is 33.6 Å². The first kappa shape index (κ1) is 19.3. The maximum atomic E-state index is 9.82. The molecular weight excluding hydrogens is 288 g/mol. The van der Waals surface area contributed by atoms with Gasteiger partial charge in [-0.3, -0.25) is 0 Å². The third-order valence-electron chi connectivity index (χ3n) is 3.61. The largest absolute Gasteiger partial charge is 0.394 e. The zero-order chi connectivity index (χ0) is 16.7. The fourth-order valence-corrected chi connectivity index (χ4v) is 2.21. The van der Waals surface area contributed by atoms with Gasteiger partial charge in [0.1, 0.15) is 24.4 Å². The van der Waals surface area contributed by atoms with Crippen molar-refractivity contribution >= 4 is 0 Å². The minimum absolute atomic E-state index is 0.247. The first-order valence-corrected chi connectivity index (χ1v) is 7.58. The molecule has 0 saturated carbocycles. The van der Waals surface area contributed by atoms with E-state index in [9.17, 15) is 15.3 Å². The normalized spacial score (nSPS) is 30.4. The Hall–Kier alpha value is -0.760. The molecule has 1 aliphatic rings. The van der Waals surface area contributed by atoms with Gasteiger partial charge in [0.2, 0.25) is 0 Å². The Morgan fingerprint density at radius 2 is 1.86 bits per heavy atom. The number of aliphatic hydroxyl groups is 4. The van der Waals surface area contributed by atoms with Crippen LogP contribution in [0.3, 0.4) is 0 Å². The molecule has 0 aliphatic carbocycles. The van der Waals surface area contributed by atoms with Crippen molar-refractivity contribution in [2.45, 2.75) is 64.3 Å². The third-order valence-corrected chi connectivity index (χ3v) is 3.61. The predicted molar refractivity (Wildman–Crippen MR) is 82.1 cm³/mol. The highest BCUT2D eigenvalue weighted by atomic mass is 16.7. The lowest BCUT2D eigenvalue weighted by Crippen LogP contribution is -2.40. The van der Waals surface area contributed by atoms with Crippen molar-refractivity contribution in [2.75, 3.05) is 13.2 Å². The summed E-state index contributed by atoms with van der Waals surface area (Å²) in [6, 6.07) is 0. The quantitative estimate of drug-likeness (QED) is 0.487. The minimum atomic E-state index is -1.28. The third kappa shape index (κ3) is 5.79. The van der Waals surface area contributed by atoms with Crippen molar-refractivity contribution in [1.29, 1.82) is 0 Å². The summed E-state index contributed by atoms with van der Waals surface area (Å²) in [6.45, 7) is 5.82. The number of rotatable bonds is 8. The monoisotopic (exact) mass is 316 g/mol. The van der Waals surface area contributed by atoms with E-state index in [0.717, 1.165) is 18.4 Å².